The van der Waals surface area contributed by atoms with E-state index in [2.05, 4.69) is 19.9 Å². The van der Waals surface area contributed by atoms with Gasteiger partial charge in [-0.3, -0.25) is 4.79 Å². The van der Waals surface area contributed by atoms with Crippen LogP contribution in [0.2, 0.25) is 0 Å². The van der Waals surface area contributed by atoms with Gasteiger partial charge in [0.05, 0.1) is 6.04 Å². The number of imide groups is 1. The van der Waals surface area contributed by atoms with E-state index in [1.54, 1.807) is 0 Å². The summed E-state index contributed by atoms with van der Waals surface area (Å²) in [6.45, 7) is 6.59. The molecule has 1 aromatic carbocycles. The molecule has 0 unspecified atom stereocenters. The van der Waals surface area contributed by atoms with E-state index in [9.17, 15) is 9.59 Å². The topological polar surface area (TPSA) is 46.6 Å². The Balaban J connectivity index is 1.96. The van der Waals surface area contributed by atoms with E-state index in [4.69, 9.17) is 4.74 Å². The normalized spacial score (nSPS) is 18.2. The zero-order valence-electron chi connectivity index (χ0n) is 14.8. The molecule has 1 aliphatic heterocycles. The smallest absolute Gasteiger partial charge is 0.416 e. The Morgan fingerprint density at radius 2 is 2.04 bits per heavy atom. The van der Waals surface area contributed by atoms with Crippen molar-refractivity contribution in [2.75, 3.05) is 6.61 Å². The van der Waals surface area contributed by atoms with Crippen LogP contribution in [0.1, 0.15) is 45.6 Å². The molecule has 4 nitrogen and oxygen atoms in total. The molecule has 0 saturated carbocycles. The Hall–Kier alpha value is -2.10. The third kappa shape index (κ3) is 5.22. The molecule has 24 heavy (non-hydrogen) atoms. The zero-order valence-corrected chi connectivity index (χ0v) is 14.8. The highest BCUT2D eigenvalue weighted by Crippen LogP contribution is 2.20. The number of carbonyl (C=O) groups excluding carboxylic acids is 2. The molecular formula is C20H27NO3. The lowest BCUT2D eigenvalue weighted by atomic mass is 10.0. The zero-order chi connectivity index (χ0) is 17.5. The molecule has 1 atom stereocenters. The van der Waals surface area contributed by atoms with Crippen LogP contribution in [0.5, 0.6) is 0 Å². The molecule has 0 spiro atoms. The number of hydrogen-bond donors (Lipinski definition) is 0. The predicted molar refractivity (Wildman–Crippen MR) is 94.6 cm³/mol. The van der Waals surface area contributed by atoms with Gasteiger partial charge in [-0.05, 0) is 37.7 Å². The molecule has 0 bridgehead atoms. The second-order valence-electron chi connectivity index (χ2n) is 6.88. The van der Waals surface area contributed by atoms with Gasteiger partial charge in [-0.2, -0.15) is 0 Å². The van der Waals surface area contributed by atoms with Gasteiger partial charge in [-0.1, -0.05) is 55.8 Å². The number of nitrogens with zero attached hydrogens (tertiary/aromatic N) is 1. The van der Waals surface area contributed by atoms with E-state index in [-0.39, 0.29) is 25.0 Å². The Morgan fingerprint density at radius 1 is 1.33 bits per heavy atom. The summed E-state index contributed by atoms with van der Waals surface area (Å²) in [5, 5.41) is 0. The fourth-order valence-electron chi connectivity index (χ4n) is 2.86. The molecule has 0 radical (unpaired) electrons. The van der Waals surface area contributed by atoms with Gasteiger partial charge in [0.15, 0.2) is 0 Å². The molecule has 130 valence electrons. The number of ether oxygens (including phenoxy) is 1. The van der Waals surface area contributed by atoms with Crippen LogP contribution in [-0.4, -0.2) is 29.5 Å². The number of allylic oxidation sites excluding steroid dienone is 1. The summed E-state index contributed by atoms with van der Waals surface area (Å²) >= 11 is 0. The van der Waals surface area contributed by atoms with Crippen molar-refractivity contribution in [3.05, 3.63) is 47.5 Å². The van der Waals surface area contributed by atoms with Crippen molar-refractivity contribution in [3.63, 3.8) is 0 Å². The summed E-state index contributed by atoms with van der Waals surface area (Å²) in [5.41, 5.74) is 2.11. The SMILES string of the molecule is C/C(=C\CCC(C)C)CC(=O)N1C(=O)OC[C@H]1Cc1ccccc1. The average molecular weight is 329 g/mol. The Morgan fingerprint density at radius 3 is 2.71 bits per heavy atom. The first kappa shape index (κ1) is 18.2. The van der Waals surface area contributed by atoms with Gasteiger partial charge in [0.25, 0.3) is 0 Å². The molecule has 2 rings (SSSR count). The summed E-state index contributed by atoms with van der Waals surface area (Å²) in [7, 11) is 0. The quantitative estimate of drug-likeness (QED) is 0.699. The third-order valence-corrected chi connectivity index (χ3v) is 4.21. The van der Waals surface area contributed by atoms with Crippen molar-refractivity contribution in [2.45, 2.75) is 52.5 Å². The van der Waals surface area contributed by atoms with Crippen LogP contribution >= 0.6 is 0 Å². The maximum absolute atomic E-state index is 12.5. The van der Waals surface area contributed by atoms with E-state index < -0.39 is 6.09 Å². The minimum atomic E-state index is -0.518. The standard InChI is InChI=1S/C20H27NO3/c1-15(2)8-7-9-16(3)12-19(22)21-18(14-24-20(21)23)13-17-10-5-4-6-11-17/h4-6,9-11,15,18H,7-8,12-14H2,1-3H3/b16-9+/t18-/m1/s1. The third-order valence-electron chi connectivity index (χ3n) is 4.21. The van der Waals surface area contributed by atoms with E-state index in [0.717, 1.165) is 24.0 Å². The lowest BCUT2D eigenvalue weighted by molar-refractivity contribution is -0.128. The minimum Gasteiger partial charge on any atom is -0.447 e. The molecule has 0 aromatic heterocycles. The number of rotatable bonds is 7. The molecule has 4 heteroatoms. The number of carbonyl (C=O) groups is 2. The summed E-state index contributed by atoms with van der Waals surface area (Å²) in [4.78, 5) is 25.8. The van der Waals surface area contributed by atoms with Gasteiger partial charge in [-0.25, -0.2) is 9.69 Å². The number of amides is 2. The first-order valence-corrected chi connectivity index (χ1v) is 8.65. The monoisotopic (exact) mass is 329 g/mol. The van der Waals surface area contributed by atoms with Gasteiger partial charge in [0.2, 0.25) is 5.91 Å². The van der Waals surface area contributed by atoms with Crippen LogP contribution in [0.4, 0.5) is 4.79 Å². The largest absolute Gasteiger partial charge is 0.447 e. The predicted octanol–water partition coefficient (Wildman–Crippen LogP) is 4.35. The van der Waals surface area contributed by atoms with E-state index in [1.807, 2.05) is 37.3 Å². The molecule has 1 heterocycles. The number of cyclic esters (lactones) is 1. The van der Waals surface area contributed by atoms with Crippen molar-refractivity contribution in [1.29, 1.82) is 0 Å². The van der Waals surface area contributed by atoms with E-state index >= 15 is 0 Å². The molecular weight excluding hydrogens is 302 g/mol. The van der Waals surface area contributed by atoms with Crippen LogP contribution in [0, 0.1) is 5.92 Å². The molecule has 1 saturated heterocycles. The van der Waals surface area contributed by atoms with Crippen LogP contribution in [0.15, 0.2) is 42.0 Å². The van der Waals surface area contributed by atoms with Crippen molar-refractivity contribution in [2.24, 2.45) is 5.92 Å². The van der Waals surface area contributed by atoms with E-state index in [0.29, 0.717) is 12.3 Å². The lowest BCUT2D eigenvalue weighted by Gasteiger charge is -2.20. The molecule has 1 aromatic rings. The molecule has 0 aliphatic carbocycles. The van der Waals surface area contributed by atoms with Crippen LogP contribution < -0.4 is 0 Å². The molecule has 0 N–H and O–H groups in total. The average Bonchev–Trinajstić information content (AvgIpc) is 2.88. The van der Waals surface area contributed by atoms with Gasteiger partial charge in [-0.15, -0.1) is 0 Å². The van der Waals surface area contributed by atoms with E-state index in [1.165, 1.54) is 4.90 Å². The Labute approximate surface area is 144 Å². The van der Waals surface area contributed by atoms with Gasteiger partial charge >= 0.3 is 6.09 Å². The maximum atomic E-state index is 12.5. The molecule has 2 amide bonds. The Kier molecular flexibility index (Phi) is 6.59. The number of benzene rings is 1. The van der Waals surface area contributed by atoms with Crippen molar-refractivity contribution >= 4 is 12.0 Å². The van der Waals surface area contributed by atoms with Crippen LogP contribution in [0.25, 0.3) is 0 Å². The van der Waals surface area contributed by atoms with Gasteiger partial charge in [0, 0.05) is 6.42 Å². The maximum Gasteiger partial charge on any atom is 0.416 e. The molecule has 1 fully saturated rings. The summed E-state index contributed by atoms with van der Waals surface area (Å²) in [6, 6.07) is 9.66. The number of hydrogen-bond acceptors (Lipinski definition) is 3. The highest BCUT2D eigenvalue weighted by atomic mass is 16.6. The highest BCUT2D eigenvalue weighted by molar-refractivity contribution is 5.94. The first-order valence-electron chi connectivity index (χ1n) is 8.65. The lowest BCUT2D eigenvalue weighted by Crippen LogP contribution is -2.40. The van der Waals surface area contributed by atoms with Crippen LogP contribution in [0.3, 0.4) is 0 Å². The van der Waals surface area contributed by atoms with Crippen LogP contribution in [-0.2, 0) is 16.0 Å². The van der Waals surface area contributed by atoms with Gasteiger partial charge in [0.1, 0.15) is 6.61 Å². The Bertz CT molecular complexity index is 592. The van der Waals surface area contributed by atoms with Crippen molar-refractivity contribution in [1.82, 2.24) is 4.90 Å². The fraction of sp³-hybridized carbons (Fsp3) is 0.500. The second-order valence-corrected chi connectivity index (χ2v) is 6.88. The summed E-state index contributed by atoms with van der Waals surface area (Å²) < 4.78 is 5.11. The van der Waals surface area contributed by atoms with Crippen molar-refractivity contribution < 1.29 is 14.3 Å². The fourth-order valence-corrected chi connectivity index (χ4v) is 2.86. The molecule has 1 aliphatic rings. The summed E-state index contributed by atoms with van der Waals surface area (Å²) in [6.07, 6.45) is 4.57. The first-order chi connectivity index (χ1) is 11.5. The second kappa shape index (κ2) is 8.67. The minimum absolute atomic E-state index is 0.170. The van der Waals surface area contributed by atoms with Gasteiger partial charge < -0.3 is 4.74 Å². The highest BCUT2D eigenvalue weighted by Gasteiger charge is 2.37. The summed E-state index contributed by atoms with van der Waals surface area (Å²) in [5.74, 6) is 0.477. The van der Waals surface area contributed by atoms with Crippen molar-refractivity contribution in [3.8, 4) is 0 Å².